The topological polar surface area (TPSA) is 132 Å². The smallest absolute Gasteiger partial charge is 0.352 e. The number of hydrogen-bond acceptors (Lipinski definition) is 6. The highest BCUT2D eigenvalue weighted by Gasteiger charge is 2.24. The van der Waals surface area contributed by atoms with Gasteiger partial charge in [-0.2, -0.15) is 9.78 Å². The first kappa shape index (κ1) is 23.2. The first-order valence-corrected chi connectivity index (χ1v) is 10.9. The van der Waals surface area contributed by atoms with Crippen molar-refractivity contribution >= 4 is 17.5 Å². The van der Waals surface area contributed by atoms with E-state index in [2.05, 4.69) is 10.4 Å². The highest BCUT2D eigenvalue weighted by Crippen LogP contribution is 2.25. The van der Waals surface area contributed by atoms with Crippen LogP contribution in [0.4, 0.5) is 0 Å². The molecule has 1 aromatic carbocycles. The van der Waals surface area contributed by atoms with Crippen molar-refractivity contribution < 1.29 is 9.90 Å². The Balaban J connectivity index is 1.87. The Hall–Kier alpha value is -2.49. The molecule has 0 radical (unpaired) electrons. The summed E-state index contributed by atoms with van der Waals surface area (Å²) < 4.78 is 2.00. The average Bonchev–Trinajstić information content (AvgIpc) is 3.01. The lowest BCUT2D eigenvalue weighted by atomic mass is 9.98. The maximum absolute atomic E-state index is 12.8. The highest BCUT2D eigenvalue weighted by molar-refractivity contribution is 6.33. The number of nitrogens with two attached hydrogens (primary N) is 1. The summed E-state index contributed by atoms with van der Waals surface area (Å²) in [6.45, 7) is 1.72. The van der Waals surface area contributed by atoms with E-state index >= 15 is 0 Å². The quantitative estimate of drug-likeness (QED) is 0.451. The van der Waals surface area contributed by atoms with Gasteiger partial charge in [-0.25, -0.2) is 4.79 Å². The number of benzene rings is 1. The van der Waals surface area contributed by atoms with Gasteiger partial charge in [-0.3, -0.25) is 14.2 Å². The van der Waals surface area contributed by atoms with Gasteiger partial charge in [-0.15, -0.1) is 0 Å². The fourth-order valence-electron chi connectivity index (χ4n) is 3.84. The summed E-state index contributed by atoms with van der Waals surface area (Å²) in [4.78, 5) is 37.6. The second kappa shape index (κ2) is 10.2. The fraction of sp³-hybridized carbons (Fsp3) is 0.524. The van der Waals surface area contributed by atoms with Crippen molar-refractivity contribution in [2.24, 2.45) is 11.7 Å². The van der Waals surface area contributed by atoms with Gasteiger partial charge < -0.3 is 16.2 Å². The monoisotopic (exact) mass is 449 g/mol. The Morgan fingerprint density at radius 2 is 1.97 bits per heavy atom. The third kappa shape index (κ3) is 5.61. The van der Waals surface area contributed by atoms with E-state index in [1.165, 1.54) is 18.2 Å². The van der Waals surface area contributed by atoms with E-state index in [9.17, 15) is 19.5 Å². The summed E-state index contributed by atoms with van der Waals surface area (Å²) >= 11 is 6.22. The molecule has 0 bridgehead atoms. The van der Waals surface area contributed by atoms with E-state index in [-0.39, 0.29) is 28.7 Å². The lowest BCUT2D eigenvalue weighted by molar-refractivity contribution is 0.0532. The maximum Gasteiger partial charge on any atom is 0.352 e. The van der Waals surface area contributed by atoms with Crippen LogP contribution in [0.3, 0.4) is 0 Å². The van der Waals surface area contributed by atoms with E-state index in [1.54, 1.807) is 6.92 Å². The van der Waals surface area contributed by atoms with Crippen LogP contribution in [0, 0.1) is 5.92 Å². The van der Waals surface area contributed by atoms with Gasteiger partial charge in [0.15, 0.2) is 0 Å². The molecule has 0 aliphatic heterocycles. The van der Waals surface area contributed by atoms with Crippen molar-refractivity contribution in [3.63, 3.8) is 0 Å². The zero-order valence-corrected chi connectivity index (χ0v) is 18.2. The number of hydrogen-bond donors (Lipinski definition) is 3. The molecular weight excluding hydrogens is 422 g/mol. The van der Waals surface area contributed by atoms with Crippen LogP contribution in [0.5, 0.6) is 0 Å². The van der Waals surface area contributed by atoms with E-state index in [4.69, 9.17) is 17.3 Å². The largest absolute Gasteiger partial charge is 0.373 e. The molecule has 2 aromatic rings. The van der Waals surface area contributed by atoms with E-state index in [0.717, 1.165) is 54.0 Å². The molecule has 0 spiro atoms. The summed E-state index contributed by atoms with van der Waals surface area (Å²) in [5.41, 5.74) is 4.87. The summed E-state index contributed by atoms with van der Waals surface area (Å²) in [6, 6.07) is 4.00. The van der Waals surface area contributed by atoms with Gasteiger partial charge >= 0.3 is 5.69 Å². The third-order valence-corrected chi connectivity index (χ3v) is 5.83. The molecule has 3 rings (SSSR count). The second-order valence-corrected chi connectivity index (χ2v) is 8.51. The molecule has 2 unspecified atom stereocenters. The van der Waals surface area contributed by atoms with Crippen LogP contribution in [-0.4, -0.2) is 37.6 Å². The second-order valence-electron chi connectivity index (χ2n) is 8.10. The maximum atomic E-state index is 12.8. The Morgan fingerprint density at radius 3 is 2.61 bits per heavy atom. The van der Waals surface area contributed by atoms with E-state index in [1.807, 2.05) is 0 Å². The van der Waals surface area contributed by atoms with Gasteiger partial charge in [0.2, 0.25) is 0 Å². The van der Waals surface area contributed by atoms with Crippen molar-refractivity contribution in [1.82, 2.24) is 19.7 Å². The molecule has 2 atom stereocenters. The van der Waals surface area contributed by atoms with Crippen molar-refractivity contribution in [2.75, 3.05) is 0 Å². The van der Waals surface area contributed by atoms with Gasteiger partial charge in [-0.05, 0) is 38.0 Å². The number of aliphatic hydroxyl groups is 1. The molecule has 1 amide bonds. The lowest BCUT2D eigenvalue weighted by Crippen LogP contribution is -2.43. The van der Waals surface area contributed by atoms with Crippen molar-refractivity contribution in [2.45, 2.75) is 64.3 Å². The van der Waals surface area contributed by atoms with E-state index < -0.39 is 29.4 Å². The van der Waals surface area contributed by atoms with Crippen molar-refractivity contribution in [3.05, 3.63) is 55.8 Å². The van der Waals surface area contributed by atoms with Crippen molar-refractivity contribution in [3.8, 4) is 5.69 Å². The summed E-state index contributed by atoms with van der Waals surface area (Å²) in [5, 5.41) is 17.2. The van der Waals surface area contributed by atoms with Crippen LogP contribution in [0.15, 0.2) is 34.0 Å². The van der Waals surface area contributed by atoms with Crippen LogP contribution in [0.25, 0.3) is 5.69 Å². The minimum atomic E-state index is -0.973. The number of nitrogens with one attached hydrogen (secondary N) is 1. The van der Waals surface area contributed by atoms with Crippen LogP contribution in [0.2, 0.25) is 5.02 Å². The predicted octanol–water partition coefficient (Wildman–Crippen LogP) is 1.41. The van der Waals surface area contributed by atoms with Gasteiger partial charge in [0.25, 0.3) is 11.5 Å². The van der Waals surface area contributed by atoms with E-state index in [0.29, 0.717) is 0 Å². The molecule has 1 aromatic heterocycles. The standard InChI is InChI=1S/C21H28ClN5O4/c1-13(23)12-26-18(28)11-24-27(21(26)31)15-8-9-17(22)16(10-15)20(30)25-19(29)14-6-4-2-3-5-7-14/h8-11,13-14,19,29H,2-7,12,23H2,1H3,(H,25,30). The zero-order valence-electron chi connectivity index (χ0n) is 17.5. The van der Waals surface area contributed by atoms with Gasteiger partial charge in [0.05, 0.1) is 16.3 Å². The number of halogens is 1. The summed E-state index contributed by atoms with van der Waals surface area (Å²) in [6.07, 6.45) is 6.09. The minimum Gasteiger partial charge on any atom is -0.373 e. The third-order valence-electron chi connectivity index (χ3n) is 5.50. The Kier molecular flexibility index (Phi) is 7.64. The first-order valence-electron chi connectivity index (χ1n) is 10.5. The zero-order chi connectivity index (χ0) is 22.5. The SMILES string of the molecule is CC(N)Cn1c(=O)cnn(-c2ccc(Cl)c(C(=O)NC(O)C3CCCCCC3)c2)c1=O. The van der Waals surface area contributed by atoms with Gasteiger partial charge in [0, 0.05) is 18.5 Å². The Morgan fingerprint density at radius 1 is 1.29 bits per heavy atom. The molecule has 1 aliphatic carbocycles. The fourth-order valence-corrected chi connectivity index (χ4v) is 4.05. The number of carbonyl (C=O) groups is 1. The predicted molar refractivity (Wildman–Crippen MR) is 117 cm³/mol. The average molecular weight is 450 g/mol. The molecule has 1 fully saturated rings. The highest BCUT2D eigenvalue weighted by atomic mass is 35.5. The van der Waals surface area contributed by atoms with Gasteiger partial charge in [-0.1, -0.05) is 37.3 Å². The molecular formula is C21H28ClN5O4. The molecule has 10 heteroatoms. The molecule has 31 heavy (non-hydrogen) atoms. The number of aromatic nitrogens is 3. The molecule has 9 nitrogen and oxygen atoms in total. The molecule has 1 heterocycles. The Bertz CT molecular complexity index is 1040. The first-order chi connectivity index (χ1) is 14.8. The molecule has 168 valence electrons. The Labute approximate surface area is 184 Å². The molecule has 4 N–H and O–H groups in total. The van der Waals surface area contributed by atoms with Crippen molar-refractivity contribution in [1.29, 1.82) is 0 Å². The molecule has 0 saturated heterocycles. The summed E-state index contributed by atoms with van der Waals surface area (Å²) in [5.74, 6) is -0.542. The van der Waals surface area contributed by atoms with Crippen LogP contribution in [-0.2, 0) is 6.54 Å². The minimum absolute atomic E-state index is 0.000460. The normalized spacial score (nSPS) is 17.0. The number of aliphatic hydroxyl groups excluding tert-OH is 1. The number of rotatable bonds is 6. The number of amides is 1. The van der Waals surface area contributed by atoms with Crippen LogP contribution >= 0.6 is 11.6 Å². The van der Waals surface area contributed by atoms with Crippen LogP contribution < -0.4 is 22.3 Å². The summed E-state index contributed by atoms with van der Waals surface area (Å²) in [7, 11) is 0. The van der Waals surface area contributed by atoms with Gasteiger partial charge in [0.1, 0.15) is 12.4 Å². The molecule has 1 aliphatic rings. The number of nitrogens with zero attached hydrogens (tertiary/aromatic N) is 3. The lowest BCUT2D eigenvalue weighted by Gasteiger charge is -2.22. The number of carbonyl (C=O) groups excluding carboxylic acids is 1. The molecule has 1 saturated carbocycles. The van der Waals surface area contributed by atoms with Crippen LogP contribution in [0.1, 0.15) is 55.8 Å².